The fraction of sp³-hybridized carbons (Fsp3) is 0.545. The number of morpholine rings is 1. The van der Waals surface area contributed by atoms with Crippen molar-refractivity contribution < 1.29 is 4.74 Å². The van der Waals surface area contributed by atoms with Gasteiger partial charge < -0.3 is 9.64 Å². The third-order valence-electron chi connectivity index (χ3n) is 2.67. The van der Waals surface area contributed by atoms with Gasteiger partial charge in [0, 0.05) is 17.2 Å². The number of pyridine rings is 1. The Morgan fingerprint density at radius 1 is 1.56 bits per heavy atom. The monoisotopic (exact) mass is 304 g/mol. The quantitative estimate of drug-likeness (QED) is 0.797. The van der Waals surface area contributed by atoms with Crippen molar-refractivity contribution >= 4 is 33.3 Å². The van der Waals surface area contributed by atoms with Crippen LogP contribution in [0.15, 0.2) is 16.7 Å². The summed E-state index contributed by atoms with van der Waals surface area (Å²) in [5.41, 5.74) is 0. The smallest absolute Gasteiger partial charge is 0.147 e. The van der Waals surface area contributed by atoms with Crippen molar-refractivity contribution in [2.45, 2.75) is 26.0 Å². The normalized spacial score (nSPS) is 25.9. The Morgan fingerprint density at radius 2 is 2.31 bits per heavy atom. The minimum atomic E-state index is 0.220. The predicted octanol–water partition coefficient (Wildman–Crippen LogP) is 3.11. The van der Waals surface area contributed by atoms with Gasteiger partial charge in [0.2, 0.25) is 0 Å². The first-order valence-electron chi connectivity index (χ1n) is 5.27. The Morgan fingerprint density at radius 3 is 3.00 bits per heavy atom. The largest absolute Gasteiger partial charge is 0.375 e. The summed E-state index contributed by atoms with van der Waals surface area (Å²) in [6.45, 7) is 5.72. The molecule has 2 heterocycles. The van der Waals surface area contributed by atoms with Crippen molar-refractivity contribution in [2.75, 3.05) is 18.1 Å². The molecule has 1 aromatic rings. The van der Waals surface area contributed by atoms with Gasteiger partial charge in [0.1, 0.15) is 5.82 Å². The molecule has 0 aliphatic carbocycles. The Kier molecular flexibility index (Phi) is 3.72. The Labute approximate surface area is 109 Å². The van der Waals surface area contributed by atoms with E-state index in [0.29, 0.717) is 11.1 Å². The van der Waals surface area contributed by atoms with Crippen molar-refractivity contribution in [3.63, 3.8) is 0 Å². The van der Waals surface area contributed by atoms with E-state index in [1.54, 1.807) is 6.20 Å². The molecule has 1 fully saturated rings. The lowest BCUT2D eigenvalue weighted by Crippen LogP contribution is -2.47. The molecule has 1 aromatic heterocycles. The fourth-order valence-electron chi connectivity index (χ4n) is 1.82. The van der Waals surface area contributed by atoms with E-state index in [-0.39, 0.29) is 6.10 Å². The third-order valence-corrected chi connectivity index (χ3v) is 3.38. The summed E-state index contributed by atoms with van der Waals surface area (Å²) in [6.07, 6.45) is 1.99. The summed E-state index contributed by atoms with van der Waals surface area (Å²) in [4.78, 5) is 6.58. The molecule has 0 spiro atoms. The highest BCUT2D eigenvalue weighted by molar-refractivity contribution is 9.10. The van der Waals surface area contributed by atoms with Crippen LogP contribution >= 0.6 is 27.5 Å². The zero-order chi connectivity index (χ0) is 11.7. The van der Waals surface area contributed by atoms with Crippen LogP contribution in [0.5, 0.6) is 0 Å². The first kappa shape index (κ1) is 12.1. The topological polar surface area (TPSA) is 25.4 Å². The summed E-state index contributed by atoms with van der Waals surface area (Å²) in [6, 6.07) is 2.18. The van der Waals surface area contributed by atoms with Gasteiger partial charge in [0.25, 0.3) is 0 Å². The van der Waals surface area contributed by atoms with Crippen molar-refractivity contribution in [1.82, 2.24) is 4.98 Å². The number of anilines is 1. The molecule has 1 aliphatic heterocycles. The molecular formula is C11H14BrClN2O. The first-order valence-corrected chi connectivity index (χ1v) is 6.44. The van der Waals surface area contributed by atoms with Gasteiger partial charge in [-0.05, 0) is 35.8 Å². The molecule has 2 atom stereocenters. The summed E-state index contributed by atoms with van der Waals surface area (Å²) < 4.78 is 6.48. The van der Waals surface area contributed by atoms with Gasteiger partial charge in [0.05, 0.1) is 23.8 Å². The SMILES string of the molecule is CC1CN(c2ncc(Br)cc2Cl)C(C)CO1. The molecule has 0 saturated carbocycles. The highest BCUT2D eigenvalue weighted by Gasteiger charge is 2.25. The minimum absolute atomic E-state index is 0.220. The number of aromatic nitrogens is 1. The summed E-state index contributed by atoms with van der Waals surface area (Å²) in [5, 5.41) is 0.676. The zero-order valence-electron chi connectivity index (χ0n) is 9.28. The van der Waals surface area contributed by atoms with E-state index in [9.17, 15) is 0 Å². The van der Waals surface area contributed by atoms with Gasteiger partial charge in [-0.3, -0.25) is 0 Å². The average molecular weight is 306 g/mol. The molecule has 0 radical (unpaired) electrons. The second kappa shape index (κ2) is 4.90. The van der Waals surface area contributed by atoms with Crippen molar-refractivity contribution in [2.24, 2.45) is 0 Å². The van der Waals surface area contributed by atoms with Crippen LogP contribution < -0.4 is 4.90 Å². The Bertz CT molecular complexity index is 388. The van der Waals surface area contributed by atoms with Crippen LogP contribution in [0, 0.1) is 0 Å². The van der Waals surface area contributed by atoms with Gasteiger partial charge in [-0.15, -0.1) is 0 Å². The van der Waals surface area contributed by atoms with Gasteiger partial charge >= 0.3 is 0 Å². The lowest BCUT2D eigenvalue weighted by Gasteiger charge is -2.38. The number of hydrogen-bond acceptors (Lipinski definition) is 3. The lowest BCUT2D eigenvalue weighted by atomic mass is 10.2. The van der Waals surface area contributed by atoms with E-state index in [1.807, 2.05) is 6.07 Å². The summed E-state index contributed by atoms with van der Waals surface area (Å²) >= 11 is 9.56. The molecule has 2 rings (SSSR count). The van der Waals surface area contributed by atoms with E-state index >= 15 is 0 Å². The molecule has 0 bridgehead atoms. The fourth-order valence-corrected chi connectivity index (χ4v) is 2.56. The number of halogens is 2. The highest BCUT2D eigenvalue weighted by Crippen LogP contribution is 2.29. The van der Waals surface area contributed by atoms with Gasteiger partial charge in [-0.1, -0.05) is 11.6 Å². The molecule has 3 nitrogen and oxygen atoms in total. The molecule has 1 aliphatic rings. The van der Waals surface area contributed by atoms with Crippen LogP contribution in [0.1, 0.15) is 13.8 Å². The van der Waals surface area contributed by atoms with Crippen LogP contribution in [-0.2, 0) is 4.74 Å². The third kappa shape index (κ3) is 2.50. The standard InChI is InChI=1S/C11H14BrClN2O/c1-7-6-16-8(2)5-15(7)11-10(13)3-9(12)4-14-11/h3-4,7-8H,5-6H2,1-2H3. The highest BCUT2D eigenvalue weighted by atomic mass is 79.9. The molecule has 1 saturated heterocycles. The maximum Gasteiger partial charge on any atom is 0.147 e. The second-order valence-electron chi connectivity index (χ2n) is 4.10. The summed E-state index contributed by atoms with van der Waals surface area (Å²) in [5.74, 6) is 0.840. The van der Waals surface area contributed by atoms with Crippen LogP contribution in [0.25, 0.3) is 0 Å². The zero-order valence-corrected chi connectivity index (χ0v) is 11.6. The van der Waals surface area contributed by atoms with Gasteiger partial charge in [-0.2, -0.15) is 0 Å². The Hall–Kier alpha value is -0.320. The number of nitrogens with zero attached hydrogens (tertiary/aromatic N) is 2. The number of rotatable bonds is 1. The van der Waals surface area contributed by atoms with Crippen LogP contribution in [-0.4, -0.2) is 30.3 Å². The molecule has 0 amide bonds. The van der Waals surface area contributed by atoms with E-state index in [2.05, 4.69) is 39.7 Å². The van der Waals surface area contributed by atoms with Crippen molar-refractivity contribution in [3.8, 4) is 0 Å². The predicted molar refractivity (Wildman–Crippen MR) is 69.2 cm³/mol. The van der Waals surface area contributed by atoms with Crippen LogP contribution in [0.2, 0.25) is 5.02 Å². The van der Waals surface area contributed by atoms with E-state index in [0.717, 1.165) is 23.4 Å². The summed E-state index contributed by atoms with van der Waals surface area (Å²) in [7, 11) is 0. The van der Waals surface area contributed by atoms with Crippen molar-refractivity contribution in [3.05, 3.63) is 21.8 Å². The molecular weight excluding hydrogens is 291 g/mol. The average Bonchev–Trinajstić information content (AvgIpc) is 2.22. The number of ether oxygens (including phenoxy) is 1. The van der Waals surface area contributed by atoms with Gasteiger partial charge in [0.15, 0.2) is 0 Å². The van der Waals surface area contributed by atoms with E-state index in [4.69, 9.17) is 16.3 Å². The minimum Gasteiger partial charge on any atom is -0.375 e. The second-order valence-corrected chi connectivity index (χ2v) is 5.43. The first-order chi connectivity index (χ1) is 7.58. The van der Waals surface area contributed by atoms with Crippen LogP contribution in [0.3, 0.4) is 0 Å². The molecule has 0 N–H and O–H groups in total. The maximum atomic E-state index is 6.20. The van der Waals surface area contributed by atoms with Crippen LogP contribution in [0.4, 0.5) is 5.82 Å². The van der Waals surface area contributed by atoms with E-state index in [1.165, 1.54) is 0 Å². The van der Waals surface area contributed by atoms with Gasteiger partial charge in [-0.25, -0.2) is 4.98 Å². The molecule has 16 heavy (non-hydrogen) atoms. The molecule has 5 heteroatoms. The molecule has 0 aromatic carbocycles. The Balaban J connectivity index is 2.28. The van der Waals surface area contributed by atoms with Crippen molar-refractivity contribution in [1.29, 1.82) is 0 Å². The van der Waals surface area contributed by atoms with E-state index < -0.39 is 0 Å². The molecule has 2 unspecified atom stereocenters. The maximum absolute atomic E-state index is 6.20. The molecule has 88 valence electrons. The lowest BCUT2D eigenvalue weighted by molar-refractivity contribution is 0.0340. The number of hydrogen-bond donors (Lipinski definition) is 0.